The zero-order valence-electron chi connectivity index (χ0n) is 10.4. The number of carbonyl (C=O) groups is 2. The van der Waals surface area contributed by atoms with Gasteiger partial charge in [0.2, 0.25) is 5.91 Å². The van der Waals surface area contributed by atoms with Gasteiger partial charge in [-0.3, -0.25) is 14.5 Å². The number of imide groups is 1. The Hall–Kier alpha value is -1.84. The van der Waals surface area contributed by atoms with Gasteiger partial charge in [0, 0.05) is 12.7 Å². The third kappa shape index (κ3) is 1.78. The lowest BCUT2D eigenvalue weighted by molar-refractivity contribution is -0.136. The van der Waals surface area contributed by atoms with E-state index in [-0.39, 0.29) is 18.2 Å². The van der Waals surface area contributed by atoms with Gasteiger partial charge in [-0.15, -0.1) is 0 Å². The standard InChI is InChI=1S/C14H16N2O2/c1-16-13(17)8-12(14(16)18)15-11-6-5-9-3-2-4-10(9)7-11/h5-7,12,15H,2-4,8H2,1H3. The van der Waals surface area contributed by atoms with Gasteiger partial charge >= 0.3 is 0 Å². The van der Waals surface area contributed by atoms with Crippen molar-refractivity contribution >= 4 is 17.5 Å². The first kappa shape index (κ1) is 11.3. The van der Waals surface area contributed by atoms with Crippen molar-refractivity contribution in [1.82, 2.24) is 4.90 Å². The lowest BCUT2D eigenvalue weighted by atomic mass is 10.1. The number of aryl methyl sites for hydroxylation is 2. The average molecular weight is 244 g/mol. The maximum absolute atomic E-state index is 11.8. The molecule has 1 aliphatic heterocycles. The molecule has 1 N–H and O–H groups in total. The van der Waals surface area contributed by atoms with Crippen molar-refractivity contribution < 1.29 is 9.59 Å². The number of anilines is 1. The Labute approximate surface area is 106 Å². The van der Waals surface area contributed by atoms with Gasteiger partial charge in [-0.05, 0) is 42.5 Å². The topological polar surface area (TPSA) is 49.4 Å². The van der Waals surface area contributed by atoms with E-state index in [1.54, 1.807) is 0 Å². The monoisotopic (exact) mass is 244 g/mol. The van der Waals surface area contributed by atoms with Crippen LogP contribution in [0.5, 0.6) is 0 Å². The normalized spacial score (nSPS) is 22.5. The highest BCUT2D eigenvalue weighted by atomic mass is 16.2. The van der Waals surface area contributed by atoms with Crippen molar-refractivity contribution in [3.05, 3.63) is 29.3 Å². The Morgan fingerprint density at radius 1 is 1.22 bits per heavy atom. The maximum atomic E-state index is 11.8. The van der Waals surface area contributed by atoms with Gasteiger partial charge < -0.3 is 5.32 Å². The minimum atomic E-state index is -0.401. The van der Waals surface area contributed by atoms with E-state index >= 15 is 0 Å². The number of hydrogen-bond acceptors (Lipinski definition) is 3. The molecule has 1 unspecified atom stereocenters. The predicted octanol–water partition coefficient (Wildman–Crippen LogP) is 1.34. The molecule has 1 aliphatic carbocycles. The highest BCUT2D eigenvalue weighted by molar-refractivity contribution is 6.06. The minimum absolute atomic E-state index is 0.112. The molecule has 1 aromatic carbocycles. The SMILES string of the molecule is CN1C(=O)CC(Nc2ccc3c(c2)CCC3)C1=O. The zero-order valence-corrected chi connectivity index (χ0v) is 10.4. The van der Waals surface area contributed by atoms with Crippen molar-refractivity contribution in [1.29, 1.82) is 0 Å². The molecular formula is C14H16N2O2. The van der Waals surface area contributed by atoms with E-state index in [0.717, 1.165) is 18.5 Å². The number of hydrogen-bond donors (Lipinski definition) is 1. The van der Waals surface area contributed by atoms with Crippen LogP contribution in [0.25, 0.3) is 0 Å². The number of nitrogens with one attached hydrogen (secondary N) is 1. The Bertz CT molecular complexity index is 525. The van der Waals surface area contributed by atoms with E-state index in [1.807, 2.05) is 6.07 Å². The van der Waals surface area contributed by atoms with Crippen LogP contribution < -0.4 is 5.32 Å². The quantitative estimate of drug-likeness (QED) is 0.799. The fourth-order valence-corrected chi connectivity index (χ4v) is 2.73. The Morgan fingerprint density at radius 3 is 2.72 bits per heavy atom. The molecule has 18 heavy (non-hydrogen) atoms. The smallest absolute Gasteiger partial charge is 0.251 e. The second-order valence-corrected chi connectivity index (χ2v) is 5.03. The summed E-state index contributed by atoms with van der Waals surface area (Å²) in [4.78, 5) is 24.4. The summed E-state index contributed by atoms with van der Waals surface area (Å²) < 4.78 is 0. The summed E-state index contributed by atoms with van der Waals surface area (Å²) in [6, 6.07) is 5.83. The summed E-state index contributed by atoms with van der Waals surface area (Å²) in [5.74, 6) is -0.251. The van der Waals surface area contributed by atoms with Gasteiger partial charge in [-0.2, -0.15) is 0 Å². The number of likely N-dealkylation sites (N-methyl/N-ethyl adjacent to an activating group) is 1. The molecule has 1 saturated heterocycles. The number of carbonyl (C=O) groups excluding carboxylic acids is 2. The molecule has 1 fully saturated rings. The second kappa shape index (κ2) is 4.12. The minimum Gasteiger partial charge on any atom is -0.373 e. The third-order valence-electron chi connectivity index (χ3n) is 3.82. The van der Waals surface area contributed by atoms with Crippen LogP contribution >= 0.6 is 0 Å². The summed E-state index contributed by atoms with van der Waals surface area (Å²) in [5.41, 5.74) is 3.72. The van der Waals surface area contributed by atoms with Crippen molar-refractivity contribution in [2.75, 3.05) is 12.4 Å². The summed E-state index contributed by atoms with van der Waals surface area (Å²) >= 11 is 0. The Morgan fingerprint density at radius 2 is 2.00 bits per heavy atom. The molecule has 0 aromatic heterocycles. The van der Waals surface area contributed by atoms with Gasteiger partial charge in [0.1, 0.15) is 6.04 Å². The number of rotatable bonds is 2. The van der Waals surface area contributed by atoms with Gasteiger partial charge in [-0.25, -0.2) is 0 Å². The molecule has 0 spiro atoms. The lowest BCUT2D eigenvalue weighted by Crippen LogP contribution is -2.31. The first-order chi connectivity index (χ1) is 8.65. The molecular weight excluding hydrogens is 228 g/mol. The van der Waals surface area contributed by atoms with Crippen LogP contribution in [0, 0.1) is 0 Å². The van der Waals surface area contributed by atoms with Gasteiger partial charge in [0.15, 0.2) is 0 Å². The van der Waals surface area contributed by atoms with Crippen molar-refractivity contribution in [2.24, 2.45) is 0 Å². The van der Waals surface area contributed by atoms with E-state index in [1.165, 1.54) is 29.5 Å². The van der Waals surface area contributed by atoms with Crippen LogP contribution in [-0.4, -0.2) is 29.8 Å². The molecule has 2 aliphatic rings. The Balaban J connectivity index is 1.77. The van der Waals surface area contributed by atoms with Gasteiger partial charge in [0.05, 0.1) is 6.42 Å². The maximum Gasteiger partial charge on any atom is 0.251 e. The number of fused-ring (bicyclic) bond motifs is 1. The summed E-state index contributed by atoms with van der Waals surface area (Å²) in [5, 5.41) is 3.17. The summed E-state index contributed by atoms with van der Waals surface area (Å²) in [6.07, 6.45) is 3.73. The molecule has 4 nitrogen and oxygen atoms in total. The predicted molar refractivity (Wildman–Crippen MR) is 68.3 cm³/mol. The highest BCUT2D eigenvalue weighted by Crippen LogP contribution is 2.26. The molecule has 0 radical (unpaired) electrons. The van der Waals surface area contributed by atoms with Crippen LogP contribution in [-0.2, 0) is 22.4 Å². The summed E-state index contributed by atoms with van der Waals surface area (Å²) in [7, 11) is 1.54. The number of likely N-dealkylation sites (tertiary alicyclic amines) is 1. The van der Waals surface area contributed by atoms with Crippen molar-refractivity contribution in [3.8, 4) is 0 Å². The third-order valence-corrected chi connectivity index (χ3v) is 3.82. The van der Waals surface area contributed by atoms with Crippen molar-refractivity contribution in [3.63, 3.8) is 0 Å². The van der Waals surface area contributed by atoms with E-state index in [0.29, 0.717) is 0 Å². The van der Waals surface area contributed by atoms with Crippen LogP contribution in [0.2, 0.25) is 0 Å². The van der Waals surface area contributed by atoms with E-state index in [2.05, 4.69) is 17.4 Å². The van der Waals surface area contributed by atoms with Crippen LogP contribution in [0.4, 0.5) is 5.69 Å². The average Bonchev–Trinajstić information content (AvgIpc) is 2.91. The molecule has 1 atom stereocenters. The molecule has 4 heteroatoms. The molecule has 1 aromatic rings. The van der Waals surface area contributed by atoms with Gasteiger partial charge in [0.25, 0.3) is 5.91 Å². The van der Waals surface area contributed by atoms with E-state index in [4.69, 9.17) is 0 Å². The van der Waals surface area contributed by atoms with E-state index in [9.17, 15) is 9.59 Å². The van der Waals surface area contributed by atoms with Crippen LogP contribution in [0.15, 0.2) is 18.2 Å². The van der Waals surface area contributed by atoms with Crippen LogP contribution in [0.1, 0.15) is 24.0 Å². The molecule has 2 amide bonds. The van der Waals surface area contributed by atoms with Gasteiger partial charge in [-0.1, -0.05) is 6.07 Å². The molecule has 0 bridgehead atoms. The molecule has 0 saturated carbocycles. The number of nitrogens with zero attached hydrogens (tertiary/aromatic N) is 1. The first-order valence-corrected chi connectivity index (χ1v) is 6.34. The fourth-order valence-electron chi connectivity index (χ4n) is 2.73. The Kier molecular flexibility index (Phi) is 2.58. The fraction of sp³-hybridized carbons (Fsp3) is 0.429. The molecule has 3 rings (SSSR count). The second-order valence-electron chi connectivity index (χ2n) is 5.03. The van der Waals surface area contributed by atoms with Crippen molar-refractivity contribution in [2.45, 2.75) is 31.7 Å². The number of amides is 2. The summed E-state index contributed by atoms with van der Waals surface area (Å²) in [6.45, 7) is 0. The first-order valence-electron chi connectivity index (χ1n) is 6.34. The molecule has 1 heterocycles. The lowest BCUT2D eigenvalue weighted by Gasteiger charge is -2.13. The van der Waals surface area contributed by atoms with Crippen LogP contribution in [0.3, 0.4) is 0 Å². The van der Waals surface area contributed by atoms with E-state index < -0.39 is 6.04 Å². The zero-order chi connectivity index (χ0) is 12.7. The molecule has 94 valence electrons. The number of benzene rings is 1. The highest BCUT2D eigenvalue weighted by Gasteiger charge is 2.35. The largest absolute Gasteiger partial charge is 0.373 e.